The molecule has 2 aromatic heterocycles. The van der Waals surface area contributed by atoms with Gasteiger partial charge in [0.2, 0.25) is 0 Å². The molecule has 2 N–H and O–H groups in total. The van der Waals surface area contributed by atoms with Gasteiger partial charge < -0.3 is 10.3 Å². The summed E-state index contributed by atoms with van der Waals surface area (Å²) in [6.07, 6.45) is 4.39. The first-order chi connectivity index (χ1) is 8.65. The number of nitriles is 1. The number of nitrogens with two attached hydrogens (primary N) is 1. The van der Waals surface area contributed by atoms with Crippen LogP contribution in [0.4, 0.5) is 5.82 Å². The van der Waals surface area contributed by atoms with Crippen LogP contribution in [0.15, 0.2) is 12.4 Å². The van der Waals surface area contributed by atoms with Crippen molar-refractivity contribution in [2.24, 2.45) is 0 Å². The Kier molecular flexibility index (Phi) is 3.33. The van der Waals surface area contributed by atoms with Crippen LogP contribution in [0.2, 0.25) is 0 Å². The van der Waals surface area contributed by atoms with Gasteiger partial charge in [-0.05, 0) is 25.8 Å². The van der Waals surface area contributed by atoms with Crippen LogP contribution < -0.4 is 5.73 Å². The zero-order valence-electron chi connectivity index (χ0n) is 10.6. The van der Waals surface area contributed by atoms with E-state index in [2.05, 4.69) is 16.4 Å². The van der Waals surface area contributed by atoms with E-state index >= 15 is 0 Å². The number of anilines is 1. The zero-order chi connectivity index (χ0) is 13.1. The van der Waals surface area contributed by atoms with Crippen LogP contribution in [0.1, 0.15) is 23.2 Å². The van der Waals surface area contributed by atoms with Gasteiger partial charge >= 0.3 is 0 Å². The predicted molar refractivity (Wildman–Crippen MR) is 67.7 cm³/mol. The van der Waals surface area contributed by atoms with Gasteiger partial charge in [-0.15, -0.1) is 5.10 Å². The molecule has 0 fully saturated rings. The molecule has 0 bridgehead atoms. The second kappa shape index (κ2) is 4.92. The highest BCUT2D eigenvalue weighted by Gasteiger charge is 2.14. The molecule has 0 saturated carbocycles. The Labute approximate surface area is 106 Å². The first kappa shape index (κ1) is 12.2. The highest BCUT2D eigenvalue weighted by atomic mass is 15.4. The molecule has 0 unspecified atom stereocenters. The number of nitrogen functional groups attached to an aromatic ring is 1. The maximum Gasteiger partial charge on any atom is 0.122 e. The zero-order valence-corrected chi connectivity index (χ0v) is 10.6. The summed E-state index contributed by atoms with van der Waals surface area (Å²) in [6.45, 7) is 5.48. The fourth-order valence-electron chi connectivity index (χ4n) is 2.06. The van der Waals surface area contributed by atoms with Crippen molar-refractivity contribution in [2.45, 2.75) is 33.4 Å². The molecule has 2 aromatic rings. The van der Waals surface area contributed by atoms with Crippen molar-refractivity contribution in [3.63, 3.8) is 0 Å². The molecule has 0 saturated heterocycles. The quantitative estimate of drug-likeness (QED) is 0.876. The van der Waals surface area contributed by atoms with E-state index in [1.165, 1.54) is 0 Å². The topological polar surface area (TPSA) is 85.5 Å². The SMILES string of the molecule is Cc1c(C#N)c(N)n(CCCn2ccnn2)c1C. The molecule has 0 spiro atoms. The Balaban J connectivity index is 2.08. The van der Waals surface area contributed by atoms with E-state index in [9.17, 15) is 0 Å². The van der Waals surface area contributed by atoms with Gasteiger partial charge in [-0.2, -0.15) is 5.26 Å². The van der Waals surface area contributed by atoms with Gasteiger partial charge in [-0.25, -0.2) is 0 Å². The lowest BCUT2D eigenvalue weighted by atomic mass is 10.2. The van der Waals surface area contributed by atoms with E-state index in [4.69, 9.17) is 11.0 Å². The third-order valence-electron chi connectivity index (χ3n) is 3.22. The minimum atomic E-state index is 0.561. The van der Waals surface area contributed by atoms with Crippen molar-refractivity contribution >= 4 is 5.82 Å². The number of aryl methyl sites for hydroxylation is 1. The molecule has 0 atom stereocenters. The predicted octanol–water partition coefficient (Wildman–Crippen LogP) is 1.24. The molecule has 0 radical (unpaired) electrons. The van der Waals surface area contributed by atoms with E-state index in [-0.39, 0.29) is 0 Å². The van der Waals surface area contributed by atoms with E-state index in [1.807, 2.05) is 24.6 Å². The maximum atomic E-state index is 9.05. The largest absolute Gasteiger partial charge is 0.384 e. The first-order valence-electron chi connectivity index (χ1n) is 5.84. The lowest BCUT2D eigenvalue weighted by Crippen LogP contribution is -2.08. The van der Waals surface area contributed by atoms with Crippen LogP contribution in [0.5, 0.6) is 0 Å². The first-order valence-corrected chi connectivity index (χ1v) is 5.84. The van der Waals surface area contributed by atoms with Crippen LogP contribution in [0.3, 0.4) is 0 Å². The number of aromatic nitrogens is 4. The van der Waals surface area contributed by atoms with Crippen LogP contribution in [0, 0.1) is 25.2 Å². The van der Waals surface area contributed by atoms with E-state index in [0.717, 1.165) is 30.8 Å². The fraction of sp³-hybridized carbons (Fsp3) is 0.417. The van der Waals surface area contributed by atoms with Crippen molar-refractivity contribution in [1.29, 1.82) is 5.26 Å². The smallest absolute Gasteiger partial charge is 0.122 e. The standard InChI is InChI=1S/C12H16N6/c1-9-10(2)18(12(14)11(9)8-13)6-3-5-17-7-4-15-16-17/h4,7H,3,5-6,14H2,1-2H3. The molecular formula is C12H16N6. The number of hydrogen-bond donors (Lipinski definition) is 1. The van der Waals surface area contributed by atoms with Crippen LogP contribution in [-0.4, -0.2) is 19.6 Å². The van der Waals surface area contributed by atoms with Gasteiger partial charge in [0, 0.05) is 25.0 Å². The van der Waals surface area contributed by atoms with Crippen LogP contribution in [0.25, 0.3) is 0 Å². The Morgan fingerprint density at radius 2 is 2.17 bits per heavy atom. The van der Waals surface area contributed by atoms with Crippen molar-refractivity contribution in [2.75, 3.05) is 5.73 Å². The number of nitrogens with zero attached hydrogens (tertiary/aromatic N) is 5. The molecule has 0 aliphatic heterocycles. The molecule has 18 heavy (non-hydrogen) atoms. The Morgan fingerprint density at radius 1 is 1.39 bits per heavy atom. The summed E-state index contributed by atoms with van der Waals surface area (Å²) in [5.41, 5.74) is 8.60. The summed E-state index contributed by atoms with van der Waals surface area (Å²) in [5.74, 6) is 0.561. The third kappa shape index (κ3) is 2.07. The maximum absolute atomic E-state index is 9.05. The summed E-state index contributed by atoms with van der Waals surface area (Å²) in [4.78, 5) is 0. The average Bonchev–Trinajstić information content (AvgIpc) is 2.93. The number of hydrogen-bond acceptors (Lipinski definition) is 4. The summed E-state index contributed by atoms with van der Waals surface area (Å²) in [7, 11) is 0. The molecule has 0 aliphatic carbocycles. The van der Waals surface area contributed by atoms with Crippen molar-refractivity contribution in [3.05, 3.63) is 29.2 Å². The van der Waals surface area contributed by atoms with E-state index in [1.54, 1.807) is 10.9 Å². The Morgan fingerprint density at radius 3 is 2.72 bits per heavy atom. The molecule has 94 valence electrons. The normalized spacial score (nSPS) is 10.5. The van der Waals surface area contributed by atoms with E-state index in [0.29, 0.717) is 11.4 Å². The summed E-state index contributed by atoms with van der Waals surface area (Å²) < 4.78 is 3.78. The third-order valence-corrected chi connectivity index (χ3v) is 3.22. The lowest BCUT2D eigenvalue weighted by molar-refractivity contribution is 0.514. The van der Waals surface area contributed by atoms with Gasteiger partial charge in [0.25, 0.3) is 0 Å². The molecule has 0 amide bonds. The van der Waals surface area contributed by atoms with Gasteiger partial charge in [0.15, 0.2) is 0 Å². The monoisotopic (exact) mass is 244 g/mol. The second-order valence-electron chi connectivity index (χ2n) is 4.25. The highest BCUT2D eigenvalue weighted by Crippen LogP contribution is 2.23. The van der Waals surface area contributed by atoms with Crippen LogP contribution >= 0.6 is 0 Å². The molecular weight excluding hydrogens is 228 g/mol. The molecule has 0 aromatic carbocycles. The fourth-order valence-corrected chi connectivity index (χ4v) is 2.06. The van der Waals surface area contributed by atoms with Gasteiger partial charge in [-0.3, -0.25) is 4.68 Å². The molecule has 6 heteroatoms. The molecule has 6 nitrogen and oxygen atoms in total. The van der Waals surface area contributed by atoms with Crippen LogP contribution in [-0.2, 0) is 13.1 Å². The van der Waals surface area contributed by atoms with Gasteiger partial charge in [0.1, 0.15) is 11.9 Å². The summed E-state index contributed by atoms with van der Waals surface area (Å²) >= 11 is 0. The van der Waals surface area contributed by atoms with Gasteiger partial charge in [0.05, 0.1) is 11.8 Å². The van der Waals surface area contributed by atoms with E-state index < -0.39 is 0 Å². The minimum absolute atomic E-state index is 0.561. The average molecular weight is 244 g/mol. The highest BCUT2D eigenvalue weighted by molar-refractivity contribution is 5.57. The summed E-state index contributed by atoms with van der Waals surface area (Å²) in [5, 5.41) is 16.7. The Bertz CT molecular complexity index is 573. The molecule has 2 rings (SSSR count). The lowest BCUT2D eigenvalue weighted by Gasteiger charge is -2.08. The molecule has 0 aliphatic rings. The summed E-state index contributed by atoms with van der Waals surface area (Å²) in [6, 6.07) is 2.16. The van der Waals surface area contributed by atoms with Crippen molar-refractivity contribution < 1.29 is 0 Å². The molecule has 2 heterocycles. The Hall–Kier alpha value is -2.29. The van der Waals surface area contributed by atoms with Gasteiger partial charge in [-0.1, -0.05) is 5.21 Å². The minimum Gasteiger partial charge on any atom is -0.384 e. The number of rotatable bonds is 4. The van der Waals surface area contributed by atoms with Crippen molar-refractivity contribution in [1.82, 2.24) is 19.6 Å². The van der Waals surface area contributed by atoms with Crippen molar-refractivity contribution in [3.8, 4) is 6.07 Å². The second-order valence-corrected chi connectivity index (χ2v) is 4.25.